The van der Waals surface area contributed by atoms with Crippen LogP contribution >= 0.6 is 0 Å². The van der Waals surface area contributed by atoms with E-state index in [1.165, 1.54) is 12.8 Å². The number of hydrogen-bond acceptors (Lipinski definition) is 2. The van der Waals surface area contributed by atoms with Gasteiger partial charge in [-0.05, 0) is 32.6 Å². The van der Waals surface area contributed by atoms with Gasteiger partial charge in [0, 0.05) is 18.7 Å². The van der Waals surface area contributed by atoms with Crippen LogP contribution in [0.2, 0.25) is 0 Å². The Labute approximate surface area is 95.8 Å². The van der Waals surface area contributed by atoms with Crippen LogP contribution in [0.25, 0.3) is 0 Å². The molecule has 0 saturated carbocycles. The monoisotopic (exact) mass is 215 g/mol. The minimum absolute atomic E-state index is 0.248. The molecule has 0 rings (SSSR count). The molecule has 0 aliphatic carbocycles. The zero-order chi connectivity index (χ0) is 11.7. The second-order valence-electron chi connectivity index (χ2n) is 5.13. The van der Waals surface area contributed by atoms with Crippen LogP contribution in [0.3, 0.4) is 0 Å². The second-order valence-corrected chi connectivity index (χ2v) is 5.13. The van der Waals surface area contributed by atoms with Crippen molar-refractivity contribution in [1.29, 1.82) is 0 Å². The third-order valence-corrected chi connectivity index (χ3v) is 2.92. The van der Waals surface area contributed by atoms with Gasteiger partial charge in [-0.15, -0.1) is 0 Å². The Morgan fingerprint density at radius 2 is 1.93 bits per heavy atom. The van der Waals surface area contributed by atoms with Gasteiger partial charge in [0.15, 0.2) is 0 Å². The summed E-state index contributed by atoms with van der Waals surface area (Å²) in [6, 6.07) is 0. The van der Waals surface area contributed by atoms with Crippen LogP contribution in [0.1, 0.15) is 53.9 Å². The van der Waals surface area contributed by atoms with Crippen LogP contribution in [0.15, 0.2) is 0 Å². The second kappa shape index (κ2) is 8.12. The van der Waals surface area contributed by atoms with Gasteiger partial charge in [0.2, 0.25) is 0 Å². The Morgan fingerprint density at radius 1 is 1.27 bits per heavy atom. The number of hydrogen-bond donors (Lipinski definition) is 1. The first-order valence-electron chi connectivity index (χ1n) is 6.34. The maximum absolute atomic E-state index is 5.63. The topological polar surface area (TPSA) is 21.3 Å². The van der Waals surface area contributed by atoms with Crippen molar-refractivity contribution in [3.05, 3.63) is 0 Å². The van der Waals surface area contributed by atoms with Gasteiger partial charge in [-0.2, -0.15) is 0 Å². The molecule has 0 fully saturated rings. The van der Waals surface area contributed by atoms with Gasteiger partial charge in [0.25, 0.3) is 0 Å². The molecule has 2 nitrogen and oxygen atoms in total. The van der Waals surface area contributed by atoms with Gasteiger partial charge in [0.1, 0.15) is 0 Å². The van der Waals surface area contributed by atoms with Crippen LogP contribution in [-0.2, 0) is 4.74 Å². The number of ether oxygens (including phenoxy) is 1. The minimum atomic E-state index is 0.248. The van der Waals surface area contributed by atoms with E-state index in [9.17, 15) is 0 Å². The highest BCUT2D eigenvalue weighted by Gasteiger charge is 2.12. The number of rotatable bonds is 9. The van der Waals surface area contributed by atoms with E-state index in [1.807, 2.05) is 0 Å². The average Bonchev–Trinajstić information content (AvgIpc) is 2.17. The molecular formula is C13H29NO. The maximum atomic E-state index is 5.63. The highest BCUT2D eigenvalue weighted by atomic mass is 16.5. The van der Waals surface area contributed by atoms with E-state index in [4.69, 9.17) is 4.74 Å². The fraction of sp³-hybridized carbons (Fsp3) is 1.00. The molecule has 0 radical (unpaired) electrons. The van der Waals surface area contributed by atoms with Gasteiger partial charge in [0.05, 0.1) is 6.61 Å². The Morgan fingerprint density at radius 3 is 2.47 bits per heavy atom. The molecule has 1 N–H and O–H groups in total. The molecule has 92 valence electrons. The summed E-state index contributed by atoms with van der Waals surface area (Å²) < 4.78 is 5.63. The van der Waals surface area contributed by atoms with E-state index >= 15 is 0 Å². The molecule has 0 spiro atoms. The molecule has 0 aromatic rings. The lowest BCUT2D eigenvalue weighted by Crippen LogP contribution is -2.40. The van der Waals surface area contributed by atoms with Crippen LogP contribution in [0.4, 0.5) is 0 Å². The quantitative estimate of drug-likeness (QED) is 0.596. The lowest BCUT2D eigenvalue weighted by molar-refractivity contribution is 0.0989. The van der Waals surface area contributed by atoms with Gasteiger partial charge in [-0.3, -0.25) is 0 Å². The summed E-state index contributed by atoms with van der Waals surface area (Å²) in [5, 5.41) is 3.49. The molecule has 1 unspecified atom stereocenters. The van der Waals surface area contributed by atoms with Crippen molar-refractivity contribution in [2.24, 2.45) is 5.92 Å². The molecule has 2 heteroatoms. The summed E-state index contributed by atoms with van der Waals surface area (Å²) in [5.41, 5.74) is 0.248. The Kier molecular flexibility index (Phi) is 8.07. The fourth-order valence-corrected chi connectivity index (χ4v) is 1.45. The van der Waals surface area contributed by atoms with Crippen molar-refractivity contribution in [2.75, 3.05) is 19.8 Å². The van der Waals surface area contributed by atoms with E-state index in [-0.39, 0.29) is 5.54 Å². The van der Waals surface area contributed by atoms with Crippen LogP contribution in [0, 0.1) is 5.92 Å². The van der Waals surface area contributed by atoms with Crippen molar-refractivity contribution in [1.82, 2.24) is 5.32 Å². The van der Waals surface area contributed by atoms with Gasteiger partial charge < -0.3 is 10.1 Å². The van der Waals surface area contributed by atoms with Crippen LogP contribution < -0.4 is 5.32 Å². The lowest BCUT2D eigenvalue weighted by Gasteiger charge is -2.24. The Hall–Kier alpha value is -0.0800. The molecular weight excluding hydrogens is 186 g/mol. The van der Waals surface area contributed by atoms with Crippen molar-refractivity contribution >= 4 is 0 Å². The van der Waals surface area contributed by atoms with Crippen LogP contribution in [0.5, 0.6) is 0 Å². The van der Waals surface area contributed by atoms with E-state index < -0.39 is 0 Å². The largest absolute Gasteiger partial charge is 0.380 e. The van der Waals surface area contributed by atoms with E-state index in [0.717, 1.165) is 26.2 Å². The molecule has 0 saturated heterocycles. The number of nitrogens with one attached hydrogen (secondary N) is 1. The van der Waals surface area contributed by atoms with Crippen LogP contribution in [-0.4, -0.2) is 25.3 Å². The molecule has 0 aliphatic heterocycles. The fourth-order valence-electron chi connectivity index (χ4n) is 1.45. The normalized spacial score (nSPS) is 14.2. The smallest absolute Gasteiger partial charge is 0.0591 e. The molecule has 0 aromatic heterocycles. The summed E-state index contributed by atoms with van der Waals surface area (Å²) in [6.07, 6.45) is 3.68. The minimum Gasteiger partial charge on any atom is -0.380 e. The van der Waals surface area contributed by atoms with Gasteiger partial charge in [-0.1, -0.05) is 27.2 Å². The summed E-state index contributed by atoms with van der Waals surface area (Å²) >= 11 is 0. The first kappa shape index (κ1) is 14.9. The van der Waals surface area contributed by atoms with E-state index in [1.54, 1.807) is 0 Å². The highest BCUT2D eigenvalue weighted by molar-refractivity contribution is 4.74. The molecule has 0 aliphatic rings. The summed E-state index contributed by atoms with van der Waals surface area (Å²) in [6.45, 7) is 13.8. The predicted molar refractivity (Wildman–Crippen MR) is 67.3 cm³/mol. The van der Waals surface area contributed by atoms with E-state index in [0.29, 0.717) is 5.92 Å². The molecule has 0 aromatic carbocycles. The zero-order valence-electron chi connectivity index (χ0n) is 11.2. The molecule has 0 bridgehead atoms. The first-order valence-corrected chi connectivity index (χ1v) is 6.34. The Balaban J connectivity index is 3.32. The van der Waals surface area contributed by atoms with Crippen molar-refractivity contribution in [3.63, 3.8) is 0 Å². The Bertz CT molecular complexity index is 145. The van der Waals surface area contributed by atoms with Gasteiger partial charge in [-0.25, -0.2) is 0 Å². The first-order chi connectivity index (χ1) is 7.02. The molecule has 1 atom stereocenters. The average molecular weight is 215 g/mol. The van der Waals surface area contributed by atoms with Gasteiger partial charge >= 0.3 is 0 Å². The van der Waals surface area contributed by atoms with Crippen molar-refractivity contribution in [2.45, 2.75) is 59.4 Å². The van der Waals surface area contributed by atoms with Crippen molar-refractivity contribution in [3.8, 4) is 0 Å². The third-order valence-electron chi connectivity index (χ3n) is 2.92. The standard InChI is InChI=1S/C13H29NO/c1-6-8-12(3)11-15-10-9-14-13(4,5)7-2/h12,14H,6-11H2,1-5H3. The molecule has 15 heavy (non-hydrogen) atoms. The highest BCUT2D eigenvalue weighted by Crippen LogP contribution is 2.06. The summed E-state index contributed by atoms with van der Waals surface area (Å²) in [7, 11) is 0. The summed E-state index contributed by atoms with van der Waals surface area (Å²) in [4.78, 5) is 0. The zero-order valence-corrected chi connectivity index (χ0v) is 11.2. The van der Waals surface area contributed by atoms with E-state index in [2.05, 4.69) is 39.9 Å². The lowest BCUT2D eigenvalue weighted by atomic mass is 10.0. The molecule has 0 heterocycles. The predicted octanol–water partition coefficient (Wildman–Crippen LogP) is 3.22. The SMILES string of the molecule is CCCC(C)COCCNC(C)(C)CC. The maximum Gasteiger partial charge on any atom is 0.0591 e. The third kappa shape index (κ3) is 8.88. The summed E-state index contributed by atoms with van der Waals surface area (Å²) in [5.74, 6) is 0.703. The van der Waals surface area contributed by atoms with Crippen molar-refractivity contribution < 1.29 is 4.74 Å². The molecule has 0 amide bonds.